The van der Waals surface area contributed by atoms with E-state index in [9.17, 15) is 0 Å². The molecule has 0 unspecified atom stereocenters. The maximum absolute atomic E-state index is 4.00. The zero-order valence-corrected chi connectivity index (χ0v) is 8.45. The summed E-state index contributed by atoms with van der Waals surface area (Å²) >= 11 is 0. The largest absolute Gasteiger partial charge is 0.0834 e. The molecule has 0 aromatic carbocycles. The Morgan fingerprint density at radius 1 is 1.00 bits per heavy atom. The summed E-state index contributed by atoms with van der Waals surface area (Å²) in [4.78, 5) is 0. The van der Waals surface area contributed by atoms with Crippen molar-refractivity contribution in [1.82, 2.24) is 0 Å². The average Bonchev–Trinajstić information content (AvgIpc) is 2.03. The van der Waals surface area contributed by atoms with Crippen LogP contribution in [0.2, 0.25) is 0 Å². The van der Waals surface area contributed by atoms with Gasteiger partial charge in [-0.2, -0.15) is 0 Å². The molecule has 2 radical (unpaired) electrons. The van der Waals surface area contributed by atoms with Gasteiger partial charge in [0.05, 0.1) is 0 Å². The topological polar surface area (TPSA) is 0 Å². The van der Waals surface area contributed by atoms with Crippen molar-refractivity contribution in [2.24, 2.45) is 0 Å². The van der Waals surface area contributed by atoms with Crippen LogP contribution in [0.1, 0.15) is 51.9 Å². The fourth-order valence-corrected chi connectivity index (χ4v) is 1.27. The maximum Gasteiger partial charge on any atom is -0.0146 e. The van der Waals surface area contributed by atoms with Gasteiger partial charge < -0.3 is 0 Å². The molecule has 0 saturated heterocycles. The first kappa shape index (κ1) is 11.2. The Bertz CT molecular complexity index is 86.9. The number of allylic oxidation sites excluding steroid dienone is 1. The quantitative estimate of drug-likeness (QED) is 0.385. The molecule has 0 amide bonds. The molecule has 1 heteroatoms. The van der Waals surface area contributed by atoms with E-state index >= 15 is 0 Å². The number of rotatable bonds is 7. The molecule has 0 aromatic rings. The van der Waals surface area contributed by atoms with Gasteiger partial charge in [-0.25, -0.2) is 0 Å². The molecule has 0 bridgehead atoms. The molecule has 0 heterocycles. The highest BCUT2D eigenvalue weighted by Gasteiger charge is 1.87. The lowest BCUT2D eigenvalue weighted by molar-refractivity contribution is 0.611. The van der Waals surface area contributed by atoms with Gasteiger partial charge in [0.1, 0.15) is 0 Å². The summed E-state index contributed by atoms with van der Waals surface area (Å²) in [5, 5.41) is 0. The van der Waals surface area contributed by atoms with E-state index in [-0.39, 0.29) is 0 Å². The first-order chi connectivity index (χ1) is 5.41. The second-order valence-corrected chi connectivity index (χ2v) is 3.24. The predicted octanol–water partition coefficient (Wildman–Crippen LogP) is 4.66. The summed E-state index contributed by atoms with van der Waals surface area (Å²) in [6, 6.07) is 0. The maximum atomic E-state index is 4.00. The fraction of sp³-hybridized carbons (Fsp3) is 0.800. The predicted molar refractivity (Wildman–Crippen MR) is 54.1 cm³/mol. The van der Waals surface area contributed by atoms with Crippen LogP contribution in [0.5, 0.6) is 0 Å². The lowest BCUT2D eigenvalue weighted by Crippen LogP contribution is -1.77. The highest BCUT2D eigenvalue weighted by molar-refractivity contribution is 7.20. The minimum atomic E-state index is 1.20. The van der Waals surface area contributed by atoms with Crippen LogP contribution in [-0.2, 0) is 0 Å². The van der Waals surface area contributed by atoms with Gasteiger partial charge in [-0.3, -0.25) is 0 Å². The summed E-state index contributed by atoms with van der Waals surface area (Å²) in [6.45, 7) is 2.25. The van der Waals surface area contributed by atoms with Gasteiger partial charge in [-0.15, -0.1) is 0 Å². The van der Waals surface area contributed by atoms with Crippen LogP contribution in [0.3, 0.4) is 0 Å². The SMILES string of the molecule is CCCCCCCC/C=C/[P]. The van der Waals surface area contributed by atoms with E-state index in [4.69, 9.17) is 0 Å². The molecule has 0 fully saturated rings. The summed E-state index contributed by atoms with van der Waals surface area (Å²) < 4.78 is 0. The van der Waals surface area contributed by atoms with Crippen molar-refractivity contribution in [2.75, 3.05) is 0 Å². The Morgan fingerprint density at radius 3 is 2.27 bits per heavy atom. The Kier molecular flexibility index (Phi) is 10.3. The van der Waals surface area contributed by atoms with Gasteiger partial charge in [0.15, 0.2) is 0 Å². The van der Waals surface area contributed by atoms with Crippen LogP contribution in [0, 0.1) is 0 Å². The molecule has 0 aliphatic carbocycles. The third-order valence-corrected chi connectivity index (χ3v) is 2.04. The number of hydrogen-bond acceptors (Lipinski definition) is 0. The summed E-state index contributed by atoms with van der Waals surface area (Å²) in [7, 11) is 4.00. The van der Waals surface area contributed by atoms with Gasteiger partial charge in [0.2, 0.25) is 0 Å². The molecule has 0 atom stereocenters. The van der Waals surface area contributed by atoms with Crippen molar-refractivity contribution >= 4 is 9.24 Å². The number of unbranched alkanes of at least 4 members (excludes halogenated alkanes) is 6. The van der Waals surface area contributed by atoms with E-state index in [2.05, 4.69) is 22.2 Å². The van der Waals surface area contributed by atoms with Crippen molar-refractivity contribution in [1.29, 1.82) is 0 Å². The highest BCUT2D eigenvalue weighted by Crippen LogP contribution is 2.07. The van der Waals surface area contributed by atoms with Crippen LogP contribution >= 0.6 is 9.24 Å². The van der Waals surface area contributed by atoms with Gasteiger partial charge in [-0.05, 0) is 22.1 Å². The molecule has 0 saturated carbocycles. The van der Waals surface area contributed by atoms with Crippen molar-refractivity contribution < 1.29 is 0 Å². The molecule has 0 nitrogen and oxygen atoms in total. The molecule has 0 rings (SSSR count). The van der Waals surface area contributed by atoms with E-state index in [1.165, 1.54) is 44.9 Å². The second-order valence-electron chi connectivity index (χ2n) is 2.94. The zero-order valence-electron chi connectivity index (χ0n) is 7.55. The van der Waals surface area contributed by atoms with Crippen LogP contribution in [0.4, 0.5) is 0 Å². The van der Waals surface area contributed by atoms with Crippen LogP contribution in [0.25, 0.3) is 0 Å². The summed E-state index contributed by atoms with van der Waals surface area (Å²) in [5.74, 6) is 1.84. The van der Waals surface area contributed by atoms with Crippen molar-refractivity contribution in [3.05, 3.63) is 11.9 Å². The first-order valence-electron chi connectivity index (χ1n) is 4.71. The molecule has 0 aliphatic heterocycles. The van der Waals surface area contributed by atoms with Crippen LogP contribution in [-0.4, -0.2) is 0 Å². The highest BCUT2D eigenvalue weighted by atomic mass is 31.0. The van der Waals surface area contributed by atoms with Crippen molar-refractivity contribution in [3.63, 3.8) is 0 Å². The molecular formula is C10H19P. The van der Waals surface area contributed by atoms with Gasteiger partial charge in [0, 0.05) is 0 Å². The fourth-order valence-electron chi connectivity index (χ4n) is 1.12. The molecule has 64 valence electrons. The van der Waals surface area contributed by atoms with Crippen molar-refractivity contribution in [3.8, 4) is 0 Å². The minimum Gasteiger partial charge on any atom is -0.0834 e. The lowest BCUT2D eigenvalue weighted by Gasteiger charge is -1.96. The first-order valence-corrected chi connectivity index (χ1v) is 5.22. The third kappa shape index (κ3) is 10.2. The molecule has 0 aromatic heterocycles. The standard InChI is InChI=1S/C10H19P/c1-2-3-4-5-6-7-8-9-10-11/h9-10H,2-8H2,1H3/b10-9+. The Morgan fingerprint density at radius 2 is 1.64 bits per heavy atom. The Balaban J connectivity index is 2.79. The van der Waals surface area contributed by atoms with E-state index in [1.54, 1.807) is 0 Å². The van der Waals surface area contributed by atoms with E-state index in [0.717, 1.165) is 0 Å². The molecule has 0 N–H and O–H groups in total. The molecule has 0 aliphatic rings. The van der Waals surface area contributed by atoms with Crippen LogP contribution < -0.4 is 0 Å². The van der Waals surface area contributed by atoms with Crippen LogP contribution in [0.15, 0.2) is 11.9 Å². The Hall–Kier alpha value is 0.170. The second kappa shape index (κ2) is 10.2. The number of hydrogen-bond donors (Lipinski definition) is 0. The van der Waals surface area contributed by atoms with Gasteiger partial charge in [-0.1, -0.05) is 50.9 Å². The monoisotopic (exact) mass is 170 g/mol. The Labute approximate surface area is 73.7 Å². The van der Waals surface area contributed by atoms with E-state index < -0.39 is 0 Å². The summed E-state index contributed by atoms with van der Waals surface area (Å²) in [6.07, 6.45) is 11.6. The van der Waals surface area contributed by atoms with E-state index in [1.807, 2.05) is 5.82 Å². The van der Waals surface area contributed by atoms with Gasteiger partial charge >= 0.3 is 0 Å². The van der Waals surface area contributed by atoms with E-state index in [0.29, 0.717) is 0 Å². The molecule has 0 spiro atoms. The zero-order chi connectivity index (χ0) is 8.36. The smallest absolute Gasteiger partial charge is 0.0146 e. The normalized spacial score (nSPS) is 11.1. The minimum absolute atomic E-state index is 1.20. The summed E-state index contributed by atoms with van der Waals surface area (Å²) in [5.41, 5.74) is 0. The lowest BCUT2D eigenvalue weighted by atomic mass is 10.1. The van der Waals surface area contributed by atoms with Gasteiger partial charge in [0.25, 0.3) is 0 Å². The van der Waals surface area contributed by atoms with Crippen molar-refractivity contribution in [2.45, 2.75) is 51.9 Å². The third-order valence-electron chi connectivity index (χ3n) is 1.83. The molecule has 11 heavy (non-hydrogen) atoms. The molecular weight excluding hydrogens is 151 g/mol. The average molecular weight is 170 g/mol.